The normalized spacial score (nSPS) is 19.3. The first-order valence-corrected chi connectivity index (χ1v) is 8.89. The Morgan fingerprint density at radius 1 is 1.52 bits per heavy atom. The minimum absolute atomic E-state index is 0.0500. The SMILES string of the molecule is Cc1nn(C)c(C)c1C(=O)N1CCCC1CC(O)c1cccs1. The Morgan fingerprint density at radius 3 is 2.91 bits per heavy atom. The Morgan fingerprint density at radius 2 is 2.30 bits per heavy atom. The van der Waals surface area contributed by atoms with Gasteiger partial charge >= 0.3 is 0 Å². The van der Waals surface area contributed by atoms with Crippen molar-refractivity contribution in [2.45, 2.75) is 45.3 Å². The van der Waals surface area contributed by atoms with E-state index in [1.165, 1.54) is 0 Å². The molecule has 0 spiro atoms. The molecule has 1 fully saturated rings. The van der Waals surface area contributed by atoms with Gasteiger partial charge in [-0.25, -0.2) is 0 Å². The molecule has 2 atom stereocenters. The molecular formula is C17H23N3O2S. The molecule has 1 saturated heterocycles. The van der Waals surface area contributed by atoms with Crippen LogP contribution in [0.25, 0.3) is 0 Å². The van der Waals surface area contributed by atoms with Crippen molar-refractivity contribution in [1.29, 1.82) is 0 Å². The van der Waals surface area contributed by atoms with Crippen molar-refractivity contribution in [3.8, 4) is 0 Å². The second-order valence-electron chi connectivity index (χ2n) is 6.23. The second kappa shape index (κ2) is 6.45. The molecule has 23 heavy (non-hydrogen) atoms. The van der Waals surface area contributed by atoms with Crippen LogP contribution in [0.2, 0.25) is 0 Å². The summed E-state index contributed by atoms with van der Waals surface area (Å²) in [4.78, 5) is 15.9. The Labute approximate surface area is 140 Å². The van der Waals surface area contributed by atoms with Gasteiger partial charge < -0.3 is 10.0 Å². The summed E-state index contributed by atoms with van der Waals surface area (Å²) in [5.41, 5.74) is 2.39. The van der Waals surface area contributed by atoms with E-state index in [9.17, 15) is 9.90 Å². The highest BCUT2D eigenvalue weighted by molar-refractivity contribution is 7.10. The zero-order valence-corrected chi connectivity index (χ0v) is 14.6. The van der Waals surface area contributed by atoms with Crippen LogP contribution in [0.15, 0.2) is 17.5 Å². The van der Waals surface area contributed by atoms with E-state index in [1.54, 1.807) is 16.0 Å². The number of aromatic nitrogens is 2. The van der Waals surface area contributed by atoms with Gasteiger partial charge in [0.15, 0.2) is 0 Å². The molecule has 0 saturated carbocycles. The van der Waals surface area contributed by atoms with Crippen molar-refractivity contribution in [3.05, 3.63) is 39.3 Å². The smallest absolute Gasteiger partial charge is 0.257 e. The average molecular weight is 333 g/mol. The number of hydrogen-bond donors (Lipinski definition) is 1. The molecule has 1 aliphatic rings. The fourth-order valence-corrected chi connectivity index (χ4v) is 4.15. The van der Waals surface area contributed by atoms with E-state index in [0.717, 1.165) is 35.7 Å². The molecule has 3 heterocycles. The Bertz CT molecular complexity index is 693. The molecule has 3 rings (SSSR count). The van der Waals surface area contributed by atoms with Crippen LogP contribution in [0.4, 0.5) is 0 Å². The van der Waals surface area contributed by atoms with E-state index in [1.807, 2.05) is 43.3 Å². The molecule has 0 bridgehead atoms. The number of carbonyl (C=O) groups excluding carboxylic acids is 1. The molecule has 1 aliphatic heterocycles. The third-order valence-corrected chi connectivity index (χ3v) is 5.70. The van der Waals surface area contributed by atoms with Gasteiger partial charge in [-0.3, -0.25) is 9.48 Å². The maximum absolute atomic E-state index is 13.0. The highest BCUT2D eigenvalue weighted by Crippen LogP contribution is 2.31. The van der Waals surface area contributed by atoms with Crippen LogP contribution in [0.3, 0.4) is 0 Å². The van der Waals surface area contributed by atoms with Crippen molar-refractivity contribution >= 4 is 17.2 Å². The van der Waals surface area contributed by atoms with E-state index in [0.29, 0.717) is 12.0 Å². The monoisotopic (exact) mass is 333 g/mol. The number of aliphatic hydroxyl groups is 1. The number of thiophene rings is 1. The lowest BCUT2D eigenvalue weighted by Crippen LogP contribution is -2.37. The average Bonchev–Trinajstić information content (AvgIpc) is 3.21. The van der Waals surface area contributed by atoms with Gasteiger partial charge in [-0.1, -0.05) is 6.07 Å². The first kappa shape index (κ1) is 16.2. The lowest BCUT2D eigenvalue weighted by Gasteiger charge is -2.26. The van der Waals surface area contributed by atoms with Crippen LogP contribution < -0.4 is 0 Å². The van der Waals surface area contributed by atoms with Crippen LogP contribution >= 0.6 is 11.3 Å². The molecule has 2 unspecified atom stereocenters. The molecule has 1 amide bonds. The van der Waals surface area contributed by atoms with E-state index >= 15 is 0 Å². The maximum atomic E-state index is 13.0. The van der Waals surface area contributed by atoms with Gasteiger partial charge in [0, 0.05) is 30.2 Å². The second-order valence-corrected chi connectivity index (χ2v) is 7.21. The number of aryl methyl sites for hydroxylation is 2. The molecular weight excluding hydrogens is 310 g/mol. The number of rotatable bonds is 4. The Balaban J connectivity index is 1.77. The van der Waals surface area contributed by atoms with Crippen LogP contribution in [0, 0.1) is 13.8 Å². The number of hydrogen-bond acceptors (Lipinski definition) is 4. The summed E-state index contributed by atoms with van der Waals surface area (Å²) in [5, 5.41) is 16.7. The minimum atomic E-state index is -0.496. The molecule has 124 valence electrons. The van der Waals surface area contributed by atoms with Gasteiger partial charge in [0.1, 0.15) is 0 Å². The van der Waals surface area contributed by atoms with E-state index in [4.69, 9.17) is 0 Å². The predicted octanol–water partition coefficient (Wildman–Crippen LogP) is 2.83. The quantitative estimate of drug-likeness (QED) is 0.936. The van der Waals surface area contributed by atoms with Gasteiger partial charge in [0.25, 0.3) is 5.91 Å². The van der Waals surface area contributed by atoms with Crippen LogP contribution in [-0.4, -0.2) is 38.3 Å². The standard InChI is InChI=1S/C17H23N3O2S/c1-11-16(12(2)19(3)18-11)17(22)20-8-4-6-13(20)10-14(21)15-7-5-9-23-15/h5,7,9,13-14,21H,4,6,8,10H2,1-3H3. The summed E-state index contributed by atoms with van der Waals surface area (Å²) in [7, 11) is 1.86. The number of aliphatic hydroxyl groups excluding tert-OH is 1. The molecule has 6 heteroatoms. The van der Waals surface area contributed by atoms with Gasteiger partial charge in [0.05, 0.1) is 17.4 Å². The first-order valence-electron chi connectivity index (χ1n) is 8.01. The molecule has 1 N–H and O–H groups in total. The highest BCUT2D eigenvalue weighted by atomic mass is 32.1. The zero-order chi connectivity index (χ0) is 16.6. The fraction of sp³-hybridized carbons (Fsp3) is 0.529. The van der Waals surface area contributed by atoms with Crippen molar-refractivity contribution in [1.82, 2.24) is 14.7 Å². The third kappa shape index (κ3) is 3.05. The van der Waals surface area contributed by atoms with Crippen LogP contribution in [-0.2, 0) is 7.05 Å². The summed E-state index contributed by atoms with van der Waals surface area (Å²) in [5.74, 6) is 0.0500. The predicted molar refractivity (Wildman–Crippen MR) is 90.6 cm³/mol. The molecule has 0 radical (unpaired) electrons. The Hall–Kier alpha value is -1.66. The molecule has 0 aliphatic carbocycles. The summed E-state index contributed by atoms with van der Waals surface area (Å²) in [6.07, 6.45) is 2.05. The summed E-state index contributed by atoms with van der Waals surface area (Å²) in [6.45, 7) is 4.57. The number of amides is 1. The Kier molecular flexibility index (Phi) is 4.55. The molecule has 2 aromatic heterocycles. The lowest BCUT2D eigenvalue weighted by atomic mass is 10.0. The van der Waals surface area contributed by atoms with Crippen molar-refractivity contribution in [2.24, 2.45) is 7.05 Å². The number of nitrogens with zero attached hydrogens (tertiary/aromatic N) is 3. The zero-order valence-electron chi connectivity index (χ0n) is 13.8. The van der Waals surface area contributed by atoms with Gasteiger partial charge in [-0.2, -0.15) is 5.10 Å². The van der Waals surface area contributed by atoms with E-state index in [-0.39, 0.29) is 11.9 Å². The minimum Gasteiger partial charge on any atom is -0.387 e. The fourth-order valence-electron chi connectivity index (χ4n) is 3.43. The molecule has 5 nitrogen and oxygen atoms in total. The van der Waals surface area contributed by atoms with Crippen LogP contribution in [0.5, 0.6) is 0 Å². The maximum Gasteiger partial charge on any atom is 0.257 e. The molecule has 0 aromatic carbocycles. The number of likely N-dealkylation sites (tertiary alicyclic amines) is 1. The highest BCUT2D eigenvalue weighted by Gasteiger charge is 2.33. The van der Waals surface area contributed by atoms with E-state index < -0.39 is 6.10 Å². The van der Waals surface area contributed by atoms with Gasteiger partial charge in [-0.05, 0) is 44.6 Å². The van der Waals surface area contributed by atoms with Crippen molar-refractivity contribution in [2.75, 3.05) is 6.54 Å². The first-order chi connectivity index (χ1) is 11.0. The third-order valence-electron chi connectivity index (χ3n) is 4.73. The lowest BCUT2D eigenvalue weighted by molar-refractivity contribution is 0.0668. The molecule has 2 aromatic rings. The van der Waals surface area contributed by atoms with Crippen molar-refractivity contribution in [3.63, 3.8) is 0 Å². The van der Waals surface area contributed by atoms with E-state index in [2.05, 4.69) is 5.10 Å². The van der Waals surface area contributed by atoms with Crippen molar-refractivity contribution < 1.29 is 9.90 Å². The topological polar surface area (TPSA) is 58.4 Å². The van der Waals surface area contributed by atoms with Gasteiger partial charge in [-0.15, -0.1) is 11.3 Å². The number of carbonyl (C=O) groups is 1. The van der Waals surface area contributed by atoms with Crippen LogP contribution in [0.1, 0.15) is 52.0 Å². The summed E-state index contributed by atoms with van der Waals surface area (Å²) < 4.78 is 1.76. The summed E-state index contributed by atoms with van der Waals surface area (Å²) >= 11 is 1.56. The summed E-state index contributed by atoms with van der Waals surface area (Å²) in [6, 6.07) is 3.99. The van der Waals surface area contributed by atoms with Gasteiger partial charge in [0.2, 0.25) is 0 Å². The largest absolute Gasteiger partial charge is 0.387 e.